The van der Waals surface area contributed by atoms with Crippen molar-refractivity contribution in [3.8, 4) is 5.75 Å². The summed E-state index contributed by atoms with van der Waals surface area (Å²) >= 11 is 0. The van der Waals surface area contributed by atoms with E-state index in [1.165, 1.54) is 0 Å². The van der Waals surface area contributed by atoms with E-state index >= 15 is 0 Å². The molecular formula is C16H21N3O2. The Hall–Kier alpha value is -2.14. The van der Waals surface area contributed by atoms with Crippen LogP contribution in [-0.2, 0) is 4.79 Å². The maximum absolute atomic E-state index is 11.6. The number of nitrogens with zero attached hydrogens (tertiary/aromatic N) is 1. The van der Waals surface area contributed by atoms with Crippen molar-refractivity contribution >= 4 is 16.8 Å². The van der Waals surface area contributed by atoms with Crippen molar-refractivity contribution in [1.29, 1.82) is 0 Å². The Morgan fingerprint density at radius 3 is 2.81 bits per heavy atom. The first-order valence-electron chi connectivity index (χ1n) is 7.00. The maximum atomic E-state index is 11.6. The third-order valence-electron chi connectivity index (χ3n) is 3.45. The van der Waals surface area contributed by atoms with Gasteiger partial charge in [-0.1, -0.05) is 25.1 Å². The number of carbonyl (C=O) groups is 1. The Morgan fingerprint density at radius 1 is 1.38 bits per heavy atom. The van der Waals surface area contributed by atoms with E-state index in [1.54, 1.807) is 6.92 Å². The summed E-state index contributed by atoms with van der Waals surface area (Å²) in [5.41, 5.74) is 6.27. The number of carbonyl (C=O) groups excluding carboxylic acids is 1. The van der Waals surface area contributed by atoms with Crippen LogP contribution in [0.15, 0.2) is 30.3 Å². The van der Waals surface area contributed by atoms with Gasteiger partial charge in [0.25, 0.3) is 0 Å². The third-order valence-corrected chi connectivity index (χ3v) is 3.45. The molecule has 0 saturated heterocycles. The van der Waals surface area contributed by atoms with E-state index in [9.17, 15) is 4.79 Å². The minimum absolute atomic E-state index is 0.158. The van der Waals surface area contributed by atoms with Gasteiger partial charge >= 0.3 is 0 Å². The number of likely N-dealkylation sites (N-methyl/N-ethyl adjacent to an activating group) is 1. The molecule has 3 N–H and O–H groups in total. The summed E-state index contributed by atoms with van der Waals surface area (Å²) in [6, 6.07) is 9.69. The van der Waals surface area contributed by atoms with Gasteiger partial charge in [0.05, 0.1) is 0 Å². The molecule has 0 bridgehead atoms. The van der Waals surface area contributed by atoms with Gasteiger partial charge in [0.1, 0.15) is 23.4 Å². The number of nitrogens with two attached hydrogens (primary N) is 1. The van der Waals surface area contributed by atoms with E-state index in [0.717, 1.165) is 16.6 Å². The highest BCUT2D eigenvalue weighted by molar-refractivity contribution is 5.86. The molecule has 2 rings (SSSR count). The summed E-state index contributed by atoms with van der Waals surface area (Å²) in [5.74, 6) is 0.218. The van der Waals surface area contributed by atoms with Crippen molar-refractivity contribution in [2.45, 2.75) is 26.3 Å². The molecule has 2 aromatic rings. The van der Waals surface area contributed by atoms with Crippen LogP contribution in [0.5, 0.6) is 5.75 Å². The number of hydrogen-bond donors (Lipinski definition) is 2. The fourth-order valence-corrected chi connectivity index (χ4v) is 2.16. The highest BCUT2D eigenvalue weighted by Gasteiger charge is 2.31. The lowest BCUT2D eigenvalue weighted by Gasteiger charge is -2.27. The quantitative estimate of drug-likeness (QED) is 0.849. The number of aromatic nitrogens is 1. The number of fused-ring (bicyclic) bond motifs is 1. The fourth-order valence-electron chi connectivity index (χ4n) is 2.16. The van der Waals surface area contributed by atoms with Gasteiger partial charge in [-0.25, -0.2) is 4.98 Å². The van der Waals surface area contributed by atoms with Crippen molar-refractivity contribution in [3.05, 3.63) is 36.0 Å². The molecule has 1 aromatic heterocycles. The second-order valence-corrected chi connectivity index (χ2v) is 5.30. The molecule has 0 saturated carbocycles. The Bertz CT molecular complexity index is 657. The summed E-state index contributed by atoms with van der Waals surface area (Å²) in [5, 5.41) is 4.07. The first-order chi connectivity index (χ1) is 9.96. The SMILES string of the molecule is CCNC(C)(COc1cccc2ccc(C)nc12)C(N)=O. The highest BCUT2D eigenvalue weighted by Crippen LogP contribution is 2.24. The molecule has 1 heterocycles. The Kier molecular flexibility index (Phi) is 4.43. The molecule has 0 spiro atoms. The van der Waals surface area contributed by atoms with E-state index < -0.39 is 11.4 Å². The van der Waals surface area contributed by atoms with E-state index in [4.69, 9.17) is 10.5 Å². The third kappa shape index (κ3) is 3.31. The molecule has 0 radical (unpaired) electrons. The molecular weight excluding hydrogens is 266 g/mol. The van der Waals surface area contributed by atoms with E-state index in [2.05, 4.69) is 10.3 Å². The number of ether oxygens (including phenoxy) is 1. The minimum Gasteiger partial charge on any atom is -0.489 e. The summed E-state index contributed by atoms with van der Waals surface area (Å²) in [7, 11) is 0. The number of rotatable bonds is 6. The number of hydrogen-bond acceptors (Lipinski definition) is 4. The molecule has 5 nitrogen and oxygen atoms in total. The topological polar surface area (TPSA) is 77.2 Å². The molecule has 112 valence electrons. The number of benzene rings is 1. The normalized spacial score (nSPS) is 13.9. The molecule has 0 aliphatic carbocycles. The second-order valence-electron chi connectivity index (χ2n) is 5.30. The number of primary amides is 1. The number of nitrogens with one attached hydrogen (secondary N) is 1. The molecule has 0 aliphatic heterocycles. The van der Waals surface area contributed by atoms with Crippen LogP contribution in [0.25, 0.3) is 10.9 Å². The van der Waals surface area contributed by atoms with Crippen LogP contribution in [0.2, 0.25) is 0 Å². The number of aryl methyl sites for hydroxylation is 1. The molecule has 5 heteroatoms. The molecule has 21 heavy (non-hydrogen) atoms. The summed E-state index contributed by atoms with van der Waals surface area (Å²) in [4.78, 5) is 16.1. The predicted molar refractivity (Wildman–Crippen MR) is 83.3 cm³/mol. The molecule has 1 unspecified atom stereocenters. The molecule has 1 atom stereocenters. The lowest BCUT2D eigenvalue weighted by atomic mass is 10.0. The van der Waals surface area contributed by atoms with Gasteiger partial charge in [-0.05, 0) is 32.5 Å². The van der Waals surface area contributed by atoms with Crippen LogP contribution in [0.4, 0.5) is 0 Å². The van der Waals surface area contributed by atoms with Crippen molar-refractivity contribution in [2.24, 2.45) is 5.73 Å². The average Bonchev–Trinajstić information content (AvgIpc) is 2.45. The van der Waals surface area contributed by atoms with Crippen LogP contribution in [-0.4, -0.2) is 29.6 Å². The predicted octanol–water partition coefficient (Wildman–Crippen LogP) is 1.78. The van der Waals surface area contributed by atoms with Crippen molar-refractivity contribution < 1.29 is 9.53 Å². The Balaban J connectivity index is 2.27. The summed E-state index contributed by atoms with van der Waals surface area (Å²) in [6.07, 6.45) is 0. The van der Waals surface area contributed by atoms with E-state index in [0.29, 0.717) is 12.3 Å². The lowest BCUT2D eigenvalue weighted by Crippen LogP contribution is -2.57. The number of para-hydroxylation sites is 1. The zero-order chi connectivity index (χ0) is 15.5. The largest absolute Gasteiger partial charge is 0.489 e. The summed E-state index contributed by atoms with van der Waals surface area (Å²) < 4.78 is 5.83. The average molecular weight is 287 g/mol. The Morgan fingerprint density at radius 2 is 2.14 bits per heavy atom. The highest BCUT2D eigenvalue weighted by atomic mass is 16.5. The smallest absolute Gasteiger partial charge is 0.240 e. The zero-order valence-electron chi connectivity index (χ0n) is 12.6. The van der Waals surface area contributed by atoms with E-state index in [1.807, 2.05) is 44.2 Å². The van der Waals surface area contributed by atoms with Gasteiger partial charge in [0.15, 0.2) is 0 Å². The number of pyridine rings is 1. The van der Waals surface area contributed by atoms with Gasteiger partial charge in [0, 0.05) is 11.1 Å². The number of amides is 1. The Labute approximate surface area is 124 Å². The van der Waals surface area contributed by atoms with Crippen molar-refractivity contribution in [2.75, 3.05) is 13.2 Å². The molecule has 1 amide bonds. The minimum atomic E-state index is -0.902. The van der Waals surface area contributed by atoms with Gasteiger partial charge in [0.2, 0.25) is 5.91 Å². The van der Waals surface area contributed by atoms with Crippen molar-refractivity contribution in [3.63, 3.8) is 0 Å². The van der Waals surface area contributed by atoms with E-state index in [-0.39, 0.29) is 6.61 Å². The first-order valence-corrected chi connectivity index (χ1v) is 7.00. The monoisotopic (exact) mass is 287 g/mol. The van der Waals surface area contributed by atoms with Gasteiger partial charge in [-0.15, -0.1) is 0 Å². The van der Waals surface area contributed by atoms with Crippen molar-refractivity contribution in [1.82, 2.24) is 10.3 Å². The summed E-state index contributed by atoms with van der Waals surface area (Å²) in [6.45, 7) is 6.38. The van der Waals surface area contributed by atoms with Crippen LogP contribution >= 0.6 is 0 Å². The molecule has 0 fully saturated rings. The second kappa shape index (κ2) is 6.10. The van der Waals surface area contributed by atoms with Crippen LogP contribution in [0.3, 0.4) is 0 Å². The lowest BCUT2D eigenvalue weighted by molar-refractivity contribution is -0.124. The maximum Gasteiger partial charge on any atom is 0.240 e. The van der Waals surface area contributed by atoms with Gasteiger partial charge in [-0.2, -0.15) is 0 Å². The first kappa shape index (κ1) is 15.3. The van der Waals surface area contributed by atoms with Gasteiger partial charge < -0.3 is 15.8 Å². The van der Waals surface area contributed by atoms with Crippen LogP contribution in [0, 0.1) is 6.92 Å². The van der Waals surface area contributed by atoms with Crippen LogP contribution in [0.1, 0.15) is 19.5 Å². The zero-order valence-corrected chi connectivity index (χ0v) is 12.6. The molecule has 0 aliphatic rings. The molecule has 1 aromatic carbocycles. The van der Waals surface area contributed by atoms with Crippen LogP contribution < -0.4 is 15.8 Å². The van der Waals surface area contributed by atoms with Gasteiger partial charge in [-0.3, -0.25) is 4.79 Å². The fraction of sp³-hybridized carbons (Fsp3) is 0.375. The standard InChI is InChI=1S/C16H21N3O2/c1-4-18-16(3,15(17)20)10-21-13-7-5-6-12-9-8-11(2)19-14(12)13/h5-9,18H,4,10H2,1-3H3,(H2,17,20).